The maximum atomic E-state index is 11.8. The molecule has 16 heavy (non-hydrogen) atoms. The number of rotatable bonds is 2. The summed E-state index contributed by atoms with van der Waals surface area (Å²) in [5, 5.41) is 2.52. The predicted octanol–water partition coefficient (Wildman–Crippen LogP) is 1.90. The molecule has 4 nitrogen and oxygen atoms in total. The number of aromatic amines is 1. The molecule has 0 radical (unpaired) electrons. The Morgan fingerprint density at radius 3 is 2.69 bits per heavy atom. The van der Waals surface area contributed by atoms with E-state index in [2.05, 4.69) is 10.3 Å². The monoisotopic (exact) mass is 260 g/mol. The molecule has 0 unspecified atom stereocenters. The number of nitrogens with one attached hydrogen (secondary N) is 2. The number of anilines is 1. The third-order valence-electron chi connectivity index (χ3n) is 2.83. The molecular weight excluding hydrogens is 251 g/mol. The van der Waals surface area contributed by atoms with E-state index in [1.54, 1.807) is 13.0 Å². The lowest BCUT2D eigenvalue weighted by Crippen LogP contribution is -2.28. The van der Waals surface area contributed by atoms with Crippen LogP contribution in [0.1, 0.15) is 13.3 Å². The number of hydrogen-bond donors (Lipinski definition) is 2. The van der Waals surface area contributed by atoms with E-state index in [4.69, 9.17) is 23.2 Å². The molecular formula is C10H10Cl2N2O2. The van der Waals surface area contributed by atoms with Crippen molar-refractivity contribution in [2.24, 2.45) is 5.41 Å². The number of H-pyrrole nitrogens is 1. The minimum atomic E-state index is -1.03. The van der Waals surface area contributed by atoms with Crippen LogP contribution in [0.25, 0.3) is 0 Å². The average Bonchev–Trinajstić information content (AvgIpc) is 2.71. The largest absolute Gasteiger partial charge is 0.327 e. The van der Waals surface area contributed by atoms with Gasteiger partial charge in [-0.15, -0.1) is 23.2 Å². The zero-order chi connectivity index (χ0) is 12.0. The molecule has 1 fully saturated rings. The van der Waals surface area contributed by atoms with Gasteiger partial charge in [0.15, 0.2) is 0 Å². The van der Waals surface area contributed by atoms with Crippen molar-refractivity contribution in [2.45, 2.75) is 17.7 Å². The van der Waals surface area contributed by atoms with E-state index in [0.29, 0.717) is 6.42 Å². The van der Waals surface area contributed by atoms with E-state index in [0.717, 1.165) is 0 Å². The third kappa shape index (κ3) is 1.72. The van der Waals surface area contributed by atoms with Gasteiger partial charge in [-0.2, -0.15) is 0 Å². The smallest absolute Gasteiger partial charge is 0.271 e. The third-order valence-corrected chi connectivity index (χ3v) is 3.93. The molecule has 1 aliphatic carbocycles. The Morgan fingerprint density at radius 1 is 1.56 bits per heavy atom. The lowest BCUT2D eigenvalue weighted by molar-refractivity contribution is -0.120. The predicted molar refractivity (Wildman–Crippen MR) is 62.9 cm³/mol. The van der Waals surface area contributed by atoms with Gasteiger partial charge < -0.3 is 10.3 Å². The average molecular weight is 261 g/mol. The summed E-state index contributed by atoms with van der Waals surface area (Å²) in [5.74, 6) is -0.339. The lowest BCUT2D eigenvalue weighted by Gasteiger charge is -2.11. The van der Waals surface area contributed by atoms with Crippen LogP contribution in [0.4, 0.5) is 5.69 Å². The summed E-state index contributed by atoms with van der Waals surface area (Å²) in [7, 11) is 0. The van der Waals surface area contributed by atoms with Gasteiger partial charge in [-0.3, -0.25) is 9.59 Å². The lowest BCUT2D eigenvalue weighted by atomic mass is 10.1. The number of amides is 1. The Balaban J connectivity index is 2.16. The van der Waals surface area contributed by atoms with E-state index < -0.39 is 9.75 Å². The number of aromatic nitrogens is 1. The number of hydrogen-bond acceptors (Lipinski definition) is 2. The van der Waals surface area contributed by atoms with Crippen LogP contribution in [-0.2, 0) is 4.79 Å². The van der Waals surface area contributed by atoms with E-state index in [9.17, 15) is 9.59 Å². The first-order chi connectivity index (χ1) is 7.37. The molecule has 6 heteroatoms. The van der Waals surface area contributed by atoms with Crippen molar-refractivity contribution in [1.29, 1.82) is 0 Å². The van der Waals surface area contributed by atoms with Gasteiger partial charge in [0.2, 0.25) is 5.91 Å². The second kappa shape index (κ2) is 3.50. The minimum Gasteiger partial charge on any atom is -0.327 e. The highest BCUT2D eigenvalue weighted by Crippen LogP contribution is 2.64. The van der Waals surface area contributed by atoms with Crippen molar-refractivity contribution >= 4 is 34.8 Å². The number of carbonyl (C=O) groups excluding carboxylic acids is 1. The summed E-state index contributed by atoms with van der Waals surface area (Å²) in [6.07, 6.45) is 1.88. The molecule has 0 spiro atoms. The summed E-state index contributed by atoms with van der Waals surface area (Å²) in [6, 6.07) is 3.15. The van der Waals surface area contributed by atoms with E-state index in [-0.39, 0.29) is 17.2 Å². The molecule has 1 aromatic rings. The summed E-state index contributed by atoms with van der Waals surface area (Å²) in [5.41, 5.74) is -0.974. The molecule has 1 heterocycles. The minimum absolute atomic E-state index is 0.199. The maximum absolute atomic E-state index is 11.8. The molecule has 2 rings (SSSR count). The van der Waals surface area contributed by atoms with Crippen molar-refractivity contribution in [2.75, 3.05) is 5.32 Å². The highest BCUT2D eigenvalue weighted by Gasteiger charge is 2.67. The van der Waals surface area contributed by atoms with Gasteiger partial charge in [-0.1, -0.05) is 0 Å². The topological polar surface area (TPSA) is 62.0 Å². The molecule has 86 valence electrons. The molecule has 0 aliphatic heterocycles. The summed E-state index contributed by atoms with van der Waals surface area (Å²) in [6.45, 7) is 1.67. The maximum Gasteiger partial charge on any atom is 0.271 e. The van der Waals surface area contributed by atoms with Gasteiger partial charge in [0.25, 0.3) is 5.56 Å². The molecule has 1 aromatic heterocycles. The van der Waals surface area contributed by atoms with Crippen LogP contribution in [0.15, 0.2) is 23.1 Å². The molecule has 1 saturated carbocycles. The molecule has 1 amide bonds. The van der Waals surface area contributed by atoms with E-state index >= 15 is 0 Å². The van der Waals surface area contributed by atoms with Crippen LogP contribution in [-0.4, -0.2) is 15.2 Å². The van der Waals surface area contributed by atoms with Crippen LogP contribution in [0.3, 0.4) is 0 Å². The highest BCUT2D eigenvalue weighted by molar-refractivity contribution is 6.53. The SMILES string of the molecule is C[C@@]1(C(=O)Nc2ccc[nH]c2=O)CC1(Cl)Cl. The number of halogens is 2. The summed E-state index contributed by atoms with van der Waals surface area (Å²) >= 11 is 11.7. The molecule has 1 aliphatic rings. The number of pyridine rings is 1. The number of carbonyl (C=O) groups is 1. The van der Waals surface area contributed by atoms with Gasteiger partial charge in [0.05, 0.1) is 5.41 Å². The highest BCUT2D eigenvalue weighted by atomic mass is 35.5. The quantitative estimate of drug-likeness (QED) is 0.798. The second-order valence-electron chi connectivity index (χ2n) is 4.08. The summed E-state index contributed by atoms with van der Waals surface area (Å²) in [4.78, 5) is 25.6. The van der Waals surface area contributed by atoms with Crippen LogP contribution in [0.2, 0.25) is 0 Å². The first-order valence-corrected chi connectivity index (χ1v) is 5.49. The fraction of sp³-hybridized carbons (Fsp3) is 0.400. The molecule has 0 aromatic carbocycles. The Kier molecular flexibility index (Phi) is 2.51. The van der Waals surface area contributed by atoms with Crippen LogP contribution < -0.4 is 10.9 Å². The first-order valence-electron chi connectivity index (χ1n) is 4.74. The van der Waals surface area contributed by atoms with Gasteiger partial charge >= 0.3 is 0 Å². The molecule has 0 saturated heterocycles. The van der Waals surface area contributed by atoms with Crippen molar-refractivity contribution < 1.29 is 4.79 Å². The van der Waals surface area contributed by atoms with Crippen LogP contribution in [0.5, 0.6) is 0 Å². The van der Waals surface area contributed by atoms with Crippen LogP contribution in [0, 0.1) is 5.41 Å². The van der Waals surface area contributed by atoms with Crippen LogP contribution >= 0.6 is 23.2 Å². The van der Waals surface area contributed by atoms with Crippen molar-refractivity contribution in [3.8, 4) is 0 Å². The first kappa shape index (κ1) is 11.5. The van der Waals surface area contributed by atoms with Gasteiger partial charge in [0, 0.05) is 6.20 Å². The van der Waals surface area contributed by atoms with E-state index in [1.165, 1.54) is 12.3 Å². The Morgan fingerprint density at radius 2 is 2.19 bits per heavy atom. The Hall–Kier alpha value is -1.000. The molecule has 1 atom stereocenters. The standard InChI is InChI=1S/C10H10Cl2N2O2/c1-9(5-10(9,11)12)8(16)14-6-3-2-4-13-7(6)15/h2-4H,5H2,1H3,(H,13,15)(H,14,16)/t9-/m0/s1. The van der Waals surface area contributed by atoms with Gasteiger partial charge in [0.1, 0.15) is 10.0 Å². The van der Waals surface area contributed by atoms with Gasteiger partial charge in [-0.05, 0) is 25.5 Å². The van der Waals surface area contributed by atoms with Crippen molar-refractivity contribution in [1.82, 2.24) is 4.98 Å². The van der Waals surface area contributed by atoms with Crippen molar-refractivity contribution in [3.63, 3.8) is 0 Å². The zero-order valence-electron chi connectivity index (χ0n) is 8.51. The normalized spacial score (nSPS) is 26.2. The Labute approximate surface area is 102 Å². The fourth-order valence-corrected chi connectivity index (χ4v) is 2.13. The fourth-order valence-electron chi connectivity index (χ4n) is 1.43. The Bertz CT molecular complexity index is 498. The molecule has 2 N–H and O–H groups in total. The molecule has 0 bridgehead atoms. The summed E-state index contributed by atoms with van der Waals surface area (Å²) < 4.78 is -1.03. The zero-order valence-corrected chi connectivity index (χ0v) is 10.0. The van der Waals surface area contributed by atoms with E-state index in [1.807, 2.05) is 0 Å². The number of alkyl halides is 2. The van der Waals surface area contributed by atoms with Gasteiger partial charge in [-0.25, -0.2) is 0 Å². The second-order valence-corrected chi connectivity index (χ2v) is 5.56. The van der Waals surface area contributed by atoms with Crippen molar-refractivity contribution in [3.05, 3.63) is 28.7 Å².